The number of ether oxygens (including phenoxy) is 1. The van der Waals surface area contributed by atoms with Crippen molar-refractivity contribution in [2.75, 3.05) is 30.4 Å². The predicted octanol–water partition coefficient (Wildman–Crippen LogP) is 3.38. The molecule has 0 saturated carbocycles. The Hall–Kier alpha value is -3.60. The Bertz CT molecular complexity index is 1370. The highest BCUT2D eigenvalue weighted by Gasteiger charge is 2.29. The number of imidazole rings is 1. The molecule has 0 amide bonds. The van der Waals surface area contributed by atoms with Crippen LogP contribution in [0.5, 0.6) is 0 Å². The fourth-order valence-electron chi connectivity index (χ4n) is 4.97. The van der Waals surface area contributed by atoms with E-state index in [1.165, 1.54) is 6.07 Å². The van der Waals surface area contributed by atoms with Gasteiger partial charge in [-0.2, -0.15) is 0 Å². The molecule has 6 rings (SSSR count). The zero-order valence-corrected chi connectivity index (χ0v) is 19.3. The Morgan fingerprint density at radius 2 is 1.97 bits per heavy atom. The lowest BCUT2D eigenvalue weighted by Crippen LogP contribution is -2.36. The third-order valence-electron chi connectivity index (χ3n) is 6.85. The van der Waals surface area contributed by atoms with Crippen LogP contribution in [-0.4, -0.2) is 50.8 Å². The van der Waals surface area contributed by atoms with Gasteiger partial charge in [-0.05, 0) is 37.1 Å². The number of methoxy groups -OCH3 is 1. The number of rotatable bonds is 5. The van der Waals surface area contributed by atoms with Crippen LogP contribution in [0.4, 0.5) is 21.6 Å². The predicted molar refractivity (Wildman–Crippen MR) is 130 cm³/mol. The SMILES string of the molecule is COC1CCN(c2ccc(Nc3cnc(-c4cnc5c(F)cccn45)c4c3C(O)NC4)nc2)CC1. The molecule has 1 atom stereocenters. The quantitative estimate of drug-likeness (QED) is 0.404. The van der Waals surface area contributed by atoms with Gasteiger partial charge < -0.3 is 20.1 Å². The van der Waals surface area contributed by atoms with Gasteiger partial charge in [-0.25, -0.2) is 14.4 Å². The average Bonchev–Trinajstić information content (AvgIpc) is 3.50. The molecule has 2 aliphatic rings. The molecule has 0 aromatic carbocycles. The van der Waals surface area contributed by atoms with Crippen LogP contribution in [0.3, 0.4) is 0 Å². The number of pyridine rings is 3. The summed E-state index contributed by atoms with van der Waals surface area (Å²) >= 11 is 0. The first kappa shape index (κ1) is 21.9. The van der Waals surface area contributed by atoms with Crippen LogP contribution in [-0.2, 0) is 11.3 Å². The van der Waals surface area contributed by atoms with E-state index in [-0.39, 0.29) is 5.65 Å². The first-order chi connectivity index (χ1) is 17.1. The van der Waals surface area contributed by atoms with Crippen LogP contribution >= 0.6 is 0 Å². The zero-order valence-electron chi connectivity index (χ0n) is 19.3. The second-order valence-corrected chi connectivity index (χ2v) is 8.84. The maximum Gasteiger partial charge on any atom is 0.173 e. The van der Waals surface area contributed by atoms with Crippen molar-refractivity contribution in [3.05, 3.63) is 66.0 Å². The molecular formula is C25H26FN7O2. The number of aliphatic hydroxyl groups excluding tert-OH is 1. The molecule has 1 unspecified atom stereocenters. The summed E-state index contributed by atoms with van der Waals surface area (Å²) in [6.07, 6.45) is 8.38. The molecule has 0 bridgehead atoms. The van der Waals surface area contributed by atoms with Crippen molar-refractivity contribution in [1.29, 1.82) is 0 Å². The number of aromatic nitrogens is 4. The Morgan fingerprint density at radius 1 is 1.11 bits per heavy atom. The number of halogens is 1. The summed E-state index contributed by atoms with van der Waals surface area (Å²) in [5, 5.41) is 17.1. The van der Waals surface area contributed by atoms with Crippen molar-refractivity contribution in [2.45, 2.75) is 31.7 Å². The van der Waals surface area contributed by atoms with Crippen molar-refractivity contribution < 1.29 is 14.2 Å². The molecular weight excluding hydrogens is 449 g/mol. The third-order valence-corrected chi connectivity index (χ3v) is 6.85. The minimum Gasteiger partial charge on any atom is -0.381 e. The highest BCUT2D eigenvalue weighted by molar-refractivity contribution is 5.72. The van der Waals surface area contributed by atoms with E-state index in [1.807, 2.05) is 18.3 Å². The van der Waals surface area contributed by atoms with Crippen molar-refractivity contribution >= 4 is 22.8 Å². The first-order valence-electron chi connectivity index (χ1n) is 11.7. The molecule has 0 radical (unpaired) electrons. The van der Waals surface area contributed by atoms with Gasteiger partial charge in [0.05, 0.1) is 47.5 Å². The molecule has 3 N–H and O–H groups in total. The van der Waals surface area contributed by atoms with Gasteiger partial charge in [-0.15, -0.1) is 0 Å². The van der Waals surface area contributed by atoms with E-state index >= 15 is 0 Å². The second kappa shape index (κ2) is 8.88. The van der Waals surface area contributed by atoms with Crippen LogP contribution in [0, 0.1) is 5.82 Å². The molecule has 4 aromatic rings. The van der Waals surface area contributed by atoms with Gasteiger partial charge in [0.2, 0.25) is 0 Å². The van der Waals surface area contributed by atoms with Crippen molar-refractivity contribution in [2.24, 2.45) is 0 Å². The number of piperidine rings is 1. The summed E-state index contributed by atoms with van der Waals surface area (Å²) < 4.78 is 21.3. The van der Waals surface area contributed by atoms with Crippen LogP contribution in [0.25, 0.3) is 17.0 Å². The van der Waals surface area contributed by atoms with E-state index < -0.39 is 12.0 Å². The number of anilines is 3. The Balaban J connectivity index is 1.28. The van der Waals surface area contributed by atoms with E-state index in [9.17, 15) is 9.50 Å². The summed E-state index contributed by atoms with van der Waals surface area (Å²) in [6.45, 7) is 2.31. The Morgan fingerprint density at radius 3 is 2.74 bits per heavy atom. The van der Waals surface area contributed by atoms with Crippen molar-refractivity contribution in [3.8, 4) is 11.4 Å². The van der Waals surface area contributed by atoms with E-state index in [4.69, 9.17) is 4.74 Å². The molecule has 9 nitrogen and oxygen atoms in total. The fourth-order valence-corrected chi connectivity index (χ4v) is 4.97. The van der Waals surface area contributed by atoms with Gasteiger partial charge in [0.1, 0.15) is 12.0 Å². The van der Waals surface area contributed by atoms with Crippen LogP contribution in [0.2, 0.25) is 0 Å². The molecule has 10 heteroatoms. The minimum absolute atomic E-state index is 0.238. The maximum absolute atomic E-state index is 14.2. The third kappa shape index (κ3) is 3.89. The van der Waals surface area contributed by atoms with E-state index in [0.29, 0.717) is 41.1 Å². The van der Waals surface area contributed by atoms with Gasteiger partial charge in [0.15, 0.2) is 11.5 Å². The smallest absolute Gasteiger partial charge is 0.173 e. The average molecular weight is 476 g/mol. The van der Waals surface area contributed by atoms with Gasteiger partial charge >= 0.3 is 0 Å². The first-order valence-corrected chi connectivity index (χ1v) is 11.7. The molecule has 180 valence electrons. The highest BCUT2D eigenvalue weighted by Crippen LogP contribution is 2.37. The largest absolute Gasteiger partial charge is 0.381 e. The van der Waals surface area contributed by atoms with Gasteiger partial charge in [-0.3, -0.25) is 14.7 Å². The molecule has 35 heavy (non-hydrogen) atoms. The molecule has 0 aliphatic carbocycles. The summed E-state index contributed by atoms with van der Waals surface area (Å²) in [4.78, 5) is 15.8. The van der Waals surface area contributed by atoms with Gasteiger partial charge in [0.25, 0.3) is 0 Å². The summed E-state index contributed by atoms with van der Waals surface area (Å²) in [6, 6.07) is 6.99. The van der Waals surface area contributed by atoms with E-state index in [1.54, 1.807) is 36.2 Å². The molecule has 0 spiro atoms. The van der Waals surface area contributed by atoms with Crippen LogP contribution in [0.1, 0.15) is 30.2 Å². The summed E-state index contributed by atoms with van der Waals surface area (Å²) in [7, 11) is 1.77. The lowest BCUT2D eigenvalue weighted by atomic mass is 10.0. The molecule has 2 aliphatic heterocycles. The maximum atomic E-state index is 14.2. The number of hydrogen-bond acceptors (Lipinski definition) is 8. The Kier molecular flexibility index (Phi) is 5.56. The normalized spacial score (nSPS) is 18.3. The minimum atomic E-state index is -0.855. The highest BCUT2D eigenvalue weighted by atomic mass is 19.1. The van der Waals surface area contributed by atoms with E-state index in [2.05, 4.69) is 30.5 Å². The van der Waals surface area contributed by atoms with Crippen molar-refractivity contribution in [3.63, 3.8) is 0 Å². The number of aliphatic hydroxyl groups is 1. The second-order valence-electron chi connectivity index (χ2n) is 8.84. The zero-order chi connectivity index (χ0) is 23.9. The number of hydrogen-bond donors (Lipinski definition) is 3. The molecule has 1 saturated heterocycles. The van der Waals surface area contributed by atoms with Crippen LogP contribution < -0.4 is 15.5 Å². The number of fused-ring (bicyclic) bond motifs is 2. The summed E-state index contributed by atoms with van der Waals surface area (Å²) in [5.41, 5.74) is 4.84. The monoisotopic (exact) mass is 475 g/mol. The van der Waals surface area contributed by atoms with E-state index in [0.717, 1.165) is 37.2 Å². The molecule has 4 aromatic heterocycles. The Labute approximate surface area is 201 Å². The fraction of sp³-hybridized carbons (Fsp3) is 0.320. The number of nitrogens with one attached hydrogen (secondary N) is 2. The topological polar surface area (TPSA) is 99.8 Å². The standard InChI is InChI=1S/C25H26FN7O2/c1-35-16-6-9-32(10-7-16)15-4-5-21(27-11-15)31-19-13-28-23(17-12-30-25(34)22(17)19)20-14-29-24-18(26)3-2-8-33(20)24/h2-5,8,11,13-14,16,25,30,34H,6-7,9-10,12H2,1H3,(H,27,31). The molecule has 6 heterocycles. The lowest BCUT2D eigenvalue weighted by molar-refractivity contribution is 0.0819. The summed E-state index contributed by atoms with van der Waals surface area (Å²) in [5.74, 6) is 0.262. The van der Waals surface area contributed by atoms with Gasteiger partial charge in [-0.1, -0.05) is 0 Å². The number of nitrogens with zero attached hydrogens (tertiary/aromatic N) is 5. The van der Waals surface area contributed by atoms with Gasteiger partial charge in [0, 0.05) is 44.1 Å². The molecule has 1 fully saturated rings. The lowest BCUT2D eigenvalue weighted by Gasteiger charge is -2.32. The van der Waals surface area contributed by atoms with Crippen LogP contribution in [0.15, 0.2) is 49.1 Å². The van der Waals surface area contributed by atoms with Crippen molar-refractivity contribution in [1.82, 2.24) is 24.7 Å².